The first kappa shape index (κ1) is 19.2. The molecular weight excluding hydrogens is 364 g/mol. The van der Waals surface area contributed by atoms with Gasteiger partial charge in [-0.15, -0.1) is 0 Å². The van der Waals surface area contributed by atoms with E-state index < -0.39 is 0 Å². The Morgan fingerprint density at radius 2 is 1.93 bits per heavy atom. The number of H-pyrrole nitrogens is 1. The van der Waals surface area contributed by atoms with Crippen molar-refractivity contribution >= 4 is 34.4 Å². The maximum atomic E-state index is 12.7. The van der Waals surface area contributed by atoms with E-state index in [4.69, 9.17) is 9.97 Å². The van der Waals surface area contributed by atoms with Crippen molar-refractivity contribution in [2.45, 2.75) is 33.6 Å². The van der Waals surface area contributed by atoms with Gasteiger partial charge in [-0.2, -0.15) is 9.97 Å². The molecule has 2 N–H and O–H groups in total. The molecule has 0 bridgehead atoms. The van der Waals surface area contributed by atoms with E-state index in [0.29, 0.717) is 18.7 Å². The summed E-state index contributed by atoms with van der Waals surface area (Å²) >= 11 is 0. The van der Waals surface area contributed by atoms with Crippen molar-refractivity contribution in [2.24, 2.45) is 0 Å². The van der Waals surface area contributed by atoms with Gasteiger partial charge < -0.3 is 20.1 Å². The fourth-order valence-corrected chi connectivity index (χ4v) is 3.84. The summed E-state index contributed by atoms with van der Waals surface area (Å²) in [5, 5.41) is 4.38. The van der Waals surface area contributed by atoms with Crippen LogP contribution in [0.2, 0.25) is 0 Å². The van der Waals surface area contributed by atoms with Crippen molar-refractivity contribution in [3.05, 3.63) is 41.6 Å². The standard InChI is InChI=1S/C22H28N6O/c1-4-27(5-2)21(29)16-9-8-10-17(14-16)24-20-18-13-15(3)23-19(18)25-22(26-20)28-11-6-7-12-28/h8-10,13-14H,4-7,11-12H2,1-3H3,(H2,23,24,25,26). The topological polar surface area (TPSA) is 77.2 Å². The first-order valence-corrected chi connectivity index (χ1v) is 10.4. The minimum Gasteiger partial charge on any atom is -0.343 e. The lowest BCUT2D eigenvalue weighted by molar-refractivity contribution is 0.0773. The number of nitrogens with one attached hydrogen (secondary N) is 2. The molecule has 1 aromatic carbocycles. The van der Waals surface area contributed by atoms with Crippen LogP contribution in [-0.2, 0) is 0 Å². The quantitative estimate of drug-likeness (QED) is 0.661. The summed E-state index contributed by atoms with van der Waals surface area (Å²) in [6, 6.07) is 9.67. The van der Waals surface area contributed by atoms with Crippen molar-refractivity contribution in [3.8, 4) is 0 Å². The molecule has 1 saturated heterocycles. The largest absolute Gasteiger partial charge is 0.343 e. The number of aromatic nitrogens is 3. The Balaban J connectivity index is 1.68. The van der Waals surface area contributed by atoms with Gasteiger partial charge in [-0.1, -0.05) is 6.07 Å². The van der Waals surface area contributed by atoms with Gasteiger partial charge in [0.1, 0.15) is 11.5 Å². The lowest BCUT2D eigenvalue weighted by atomic mass is 10.1. The maximum absolute atomic E-state index is 12.7. The van der Waals surface area contributed by atoms with Crippen LogP contribution in [0.4, 0.5) is 17.5 Å². The molecule has 7 heteroatoms. The van der Waals surface area contributed by atoms with Crippen LogP contribution >= 0.6 is 0 Å². The number of amides is 1. The molecule has 2 aromatic heterocycles. The molecule has 0 radical (unpaired) electrons. The molecule has 0 saturated carbocycles. The van der Waals surface area contributed by atoms with E-state index in [-0.39, 0.29) is 5.91 Å². The van der Waals surface area contributed by atoms with Gasteiger partial charge in [0.05, 0.1) is 5.39 Å². The number of benzene rings is 1. The third kappa shape index (κ3) is 3.90. The van der Waals surface area contributed by atoms with Crippen molar-refractivity contribution in [1.82, 2.24) is 19.9 Å². The van der Waals surface area contributed by atoms with Crippen LogP contribution < -0.4 is 10.2 Å². The van der Waals surface area contributed by atoms with E-state index >= 15 is 0 Å². The molecule has 1 aliphatic heterocycles. The first-order chi connectivity index (χ1) is 14.1. The molecule has 0 aliphatic carbocycles. The van der Waals surface area contributed by atoms with Crippen LogP contribution in [0.1, 0.15) is 42.7 Å². The predicted octanol–water partition coefficient (Wildman–Crippen LogP) is 4.09. The second-order valence-electron chi connectivity index (χ2n) is 7.46. The van der Waals surface area contributed by atoms with Gasteiger partial charge in [-0.05, 0) is 57.9 Å². The molecule has 0 unspecified atom stereocenters. The fourth-order valence-electron chi connectivity index (χ4n) is 3.84. The monoisotopic (exact) mass is 392 g/mol. The van der Waals surface area contributed by atoms with Crippen LogP contribution in [0.5, 0.6) is 0 Å². The smallest absolute Gasteiger partial charge is 0.253 e. The molecule has 1 fully saturated rings. The van der Waals surface area contributed by atoms with Gasteiger partial charge >= 0.3 is 0 Å². The lowest BCUT2D eigenvalue weighted by Crippen LogP contribution is -2.30. The van der Waals surface area contributed by atoms with Crippen LogP contribution in [-0.4, -0.2) is 51.9 Å². The number of fused-ring (bicyclic) bond motifs is 1. The van der Waals surface area contributed by atoms with Crippen LogP contribution in [0.25, 0.3) is 11.0 Å². The van der Waals surface area contributed by atoms with Gasteiger partial charge in [-0.3, -0.25) is 4.79 Å². The highest BCUT2D eigenvalue weighted by atomic mass is 16.2. The molecule has 29 heavy (non-hydrogen) atoms. The van der Waals surface area contributed by atoms with E-state index in [1.54, 1.807) is 0 Å². The van der Waals surface area contributed by atoms with Gasteiger partial charge in [0, 0.05) is 43.1 Å². The second kappa shape index (κ2) is 8.11. The Hall–Kier alpha value is -3.09. The SMILES string of the molecule is CCN(CC)C(=O)c1cccc(Nc2nc(N3CCCC3)nc3[nH]c(C)cc23)c1. The summed E-state index contributed by atoms with van der Waals surface area (Å²) in [6.45, 7) is 9.37. The van der Waals surface area contributed by atoms with Gasteiger partial charge in [0.15, 0.2) is 0 Å². The summed E-state index contributed by atoms with van der Waals surface area (Å²) in [7, 11) is 0. The molecule has 3 heterocycles. The fraction of sp³-hybridized carbons (Fsp3) is 0.409. The maximum Gasteiger partial charge on any atom is 0.253 e. The van der Waals surface area contributed by atoms with Gasteiger partial charge in [-0.25, -0.2) is 0 Å². The molecule has 1 aliphatic rings. The number of carbonyl (C=O) groups is 1. The summed E-state index contributed by atoms with van der Waals surface area (Å²) in [5.74, 6) is 1.55. The van der Waals surface area contributed by atoms with E-state index in [9.17, 15) is 4.79 Å². The molecule has 4 rings (SSSR count). The molecular formula is C22H28N6O. The third-order valence-electron chi connectivity index (χ3n) is 5.42. The minimum atomic E-state index is 0.0433. The van der Waals surface area contributed by atoms with Crippen molar-refractivity contribution in [3.63, 3.8) is 0 Å². The summed E-state index contributed by atoms with van der Waals surface area (Å²) < 4.78 is 0. The van der Waals surface area contributed by atoms with E-state index in [2.05, 4.69) is 21.3 Å². The Morgan fingerprint density at radius 3 is 2.66 bits per heavy atom. The van der Waals surface area contributed by atoms with E-state index in [0.717, 1.165) is 47.3 Å². The number of hydrogen-bond acceptors (Lipinski definition) is 5. The zero-order valence-corrected chi connectivity index (χ0v) is 17.3. The van der Waals surface area contributed by atoms with Crippen LogP contribution in [0.15, 0.2) is 30.3 Å². The molecule has 0 atom stereocenters. The summed E-state index contributed by atoms with van der Waals surface area (Å²) in [6.07, 6.45) is 2.34. The summed E-state index contributed by atoms with van der Waals surface area (Å²) in [4.78, 5) is 29.6. The van der Waals surface area contributed by atoms with Crippen LogP contribution in [0, 0.1) is 6.92 Å². The van der Waals surface area contributed by atoms with Crippen molar-refractivity contribution in [2.75, 3.05) is 36.4 Å². The lowest BCUT2D eigenvalue weighted by Gasteiger charge is -2.19. The zero-order valence-electron chi connectivity index (χ0n) is 17.3. The van der Waals surface area contributed by atoms with Crippen LogP contribution in [0.3, 0.4) is 0 Å². The minimum absolute atomic E-state index is 0.0433. The third-order valence-corrected chi connectivity index (χ3v) is 5.42. The van der Waals surface area contributed by atoms with E-state index in [1.165, 1.54) is 12.8 Å². The zero-order chi connectivity index (χ0) is 20.4. The van der Waals surface area contributed by atoms with E-state index in [1.807, 2.05) is 49.9 Å². The highest BCUT2D eigenvalue weighted by Crippen LogP contribution is 2.28. The average molecular weight is 393 g/mol. The molecule has 7 nitrogen and oxygen atoms in total. The number of aryl methyl sites for hydroxylation is 1. The Labute approximate surface area is 171 Å². The van der Waals surface area contributed by atoms with Crippen molar-refractivity contribution in [1.29, 1.82) is 0 Å². The Morgan fingerprint density at radius 1 is 1.17 bits per heavy atom. The average Bonchev–Trinajstić information content (AvgIpc) is 3.38. The first-order valence-electron chi connectivity index (χ1n) is 10.4. The molecule has 0 spiro atoms. The number of rotatable bonds is 6. The normalized spacial score (nSPS) is 13.8. The van der Waals surface area contributed by atoms with Crippen molar-refractivity contribution < 1.29 is 4.79 Å². The molecule has 1 amide bonds. The molecule has 3 aromatic rings. The predicted molar refractivity (Wildman–Crippen MR) is 117 cm³/mol. The van der Waals surface area contributed by atoms with Gasteiger partial charge in [0.25, 0.3) is 5.91 Å². The Kier molecular flexibility index (Phi) is 5.38. The number of nitrogens with zero attached hydrogens (tertiary/aromatic N) is 4. The second-order valence-corrected chi connectivity index (χ2v) is 7.46. The number of anilines is 3. The highest BCUT2D eigenvalue weighted by molar-refractivity contribution is 5.96. The number of aromatic amines is 1. The van der Waals surface area contributed by atoms with Gasteiger partial charge in [0.2, 0.25) is 5.95 Å². The Bertz CT molecular complexity index is 1020. The molecule has 152 valence electrons. The number of hydrogen-bond donors (Lipinski definition) is 2. The number of carbonyl (C=O) groups excluding carboxylic acids is 1. The summed E-state index contributed by atoms with van der Waals surface area (Å²) in [5.41, 5.74) is 3.39. The highest BCUT2D eigenvalue weighted by Gasteiger charge is 2.19.